The van der Waals surface area contributed by atoms with Gasteiger partial charge in [0.15, 0.2) is 5.78 Å². The lowest BCUT2D eigenvalue weighted by Crippen LogP contribution is -2.20. The predicted molar refractivity (Wildman–Crippen MR) is 80.2 cm³/mol. The Hall–Kier alpha value is -1.37. The van der Waals surface area contributed by atoms with E-state index >= 15 is 0 Å². The second kappa shape index (κ2) is 6.18. The van der Waals surface area contributed by atoms with Crippen LogP contribution in [0.4, 0.5) is 0 Å². The van der Waals surface area contributed by atoms with Crippen molar-refractivity contribution in [2.75, 3.05) is 0 Å². The third-order valence-electron chi connectivity index (χ3n) is 4.42. The lowest BCUT2D eigenvalue weighted by atomic mass is 9.74. The van der Waals surface area contributed by atoms with Gasteiger partial charge < -0.3 is 0 Å². The molecule has 0 N–H and O–H groups in total. The Morgan fingerprint density at radius 2 is 1.89 bits per heavy atom. The molecule has 0 aliphatic heterocycles. The van der Waals surface area contributed by atoms with Gasteiger partial charge in [-0.2, -0.15) is 0 Å². The monoisotopic (exact) mass is 256 g/mol. The number of hydrogen-bond acceptors (Lipinski definition) is 1. The van der Waals surface area contributed by atoms with Crippen molar-refractivity contribution in [1.82, 2.24) is 0 Å². The molecule has 0 heterocycles. The largest absolute Gasteiger partial charge is 0.289 e. The molecule has 1 saturated carbocycles. The van der Waals surface area contributed by atoms with Crippen molar-refractivity contribution in [2.24, 2.45) is 17.8 Å². The molecule has 102 valence electrons. The first-order valence-electron chi connectivity index (χ1n) is 7.37. The highest BCUT2D eigenvalue weighted by Crippen LogP contribution is 2.36. The quantitative estimate of drug-likeness (QED) is 0.556. The second-order valence-electron chi connectivity index (χ2n) is 6.14. The van der Waals surface area contributed by atoms with Crippen LogP contribution in [0.25, 0.3) is 0 Å². The van der Waals surface area contributed by atoms with Gasteiger partial charge in [0.05, 0.1) is 0 Å². The van der Waals surface area contributed by atoms with Crippen LogP contribution in [0.5, 0.6) is 0 Å². The van der Waals surface area contributed by atoms with E-state index in [1.54, 1.807) is 0 Å². The van der Waals surface area contributed by atoms with E-state index in [4.69, 9.17) is 0 Å². The summed E-state index contributed by atoms with van der Waals surface area (Å²) in [7, 11) is 0. The molecule has 1 aliphatic rings. The van der Waals surface area contributed by atoms with E-state index in [2.05, 4.69) is 20.8 Å². The van der Waals surface area contributed by atoms with E-state index in [-0.39, 0.29) is 5.78 Å². The van der Waals surface area contributed by atoms with Gasteiger partial charge in [-0.25, -0.2) is 0 Å². The van der Waals surface area contributed by atoms with Crippen LogP contribution in [0.2, 0.25) is 0 Å². The summed E-state index contributed by atoms with van der Waals surface area (Å²) in [4.78, 5) is 12.3. The molecule has 0 aromatic heterocycles. The van der Waals surface area contributed by atoms with E-state index in [1.165, 1.54) is 18.4 Å². The van der Waals surface area contributed by atoms with Crippen LogP contribution >= 0.6 is 0 Å². The van der Waals surface area contributed by atoms with Crippen molar-refractivity contribution >= 4 is 5.78 Å². The third kappa shape index (κ3) is 3.56. The lowest BCUT2D eigenvalue weighted by Gasteiger charge is -2.31. The molecule has 2 rings (SSSR count). The molecule has 0 saturated heterocycles. The molecule has 0 spiro atoms. The van der Waals surface area contributed by atoms with Crippen LogP contribution in [0, 0.1) is 17.8 Å². The Bertz CT molecular complexity index is 456. The van der Waals surface area contributed by atoms with Crippen LogP contribution in [-0.4, -0.2) is 5.78 Å². The maximum absolute atomic E-state index is 12.3. The van der Waals surface area contributed by atoms with Crippen LogP contribution in [0.15, 0.2) is 42.0 Å². The summed E-state index contributed by atoms with van der Waals surface area (Å²) in [5, 5.41) is 0. The lowest BCUT2D eigenvalue weighted by molar-refractivity contribution is 0.104. The minimum atomic E-state index is 0.159. The van der Waals surface area contributed by atoms with Gasteiger partial charge >= 0.3 is 0 Å². The molecule has 0 radical (unpaired) electrons. The van der Waals surface area contributed by atoms with Gasteiger partial charge in [0.2, 0.25) is 0 Å². The molecule has 1 heteroatoms. The smallest absolute Gasteiger partial charge is 0.185 e. The van der Waals surface area contributed by atoms with Crippen molar-refractivity contribution < 1.29 is 4.79 Å². The summed E-state index contributed by atoms with van der Waals surface area (Å²) >= 11 is 0. The summed E-state index contributed by atoms with van der Waals surface area (Å²) in [6.07, 6.45) is 5.51. The van der Waals surface area contributed by atoms with Crippen molar-refractivity contribution in [3.8, 4) is 0 Å². The standard InChI is InChI=1S/C18H24O/c1-13(2)16-10-9-14(3)17(11-16)12-18(19)15-7-5-4-6-8-15/h4-8,12-14,16H,9-11H2,1-3H3/t14-,16-/m1/s1. The first-order chi connectivity index (χ1) is 9.08. The van der Waals surface area contributed by atoms with Gasteiger partial charge in [-0.05, 0) is 43.1 Å². The van der Waals surface area contributed by atoms with E-state index in [9.17, 15) is 4.79 Å². The first kappa shape index (κ1) is 14.0. The number of ketones is 1. The van der Waals surface area contributed by atoms with Crippen LogP contribution in [-0.2, 0) is 0 Å². The molecule has 1 nitrogen and oxygen atoms in total. The van der Waals surface area contributed by atoms with Gasteiger partial charge in [-0.1, -0.05) is 56.7 Å². The fraction of sp³-hybridized carbons (Fsp3) is 0.500. The molecule has 1 aromatic carbocycles. The summed E-state index contributed by atoms with van der Waals surface area (Å²) in [6, 6.07) is 9.58. The van der Waals surface area contributed by atoms with Gasteiger partial charge in [-0.3, -0.25) is 4.79 Å². The number of hydrogen-bond donors (Lipinski definition) is 0. The zero-order chi connectivity index (χ0) is 13.8. The Kier molecular flexibility index (Phi) is 4.57. The molecular formula is C18H24O. The fourth-order valence-corrected chi connectivity index (χ4v) is 2.88. The van der Waals surface area contributed by atoms with Crippen LogP contribution < -0.4 is 0 Å². The van der Waals surface area contributed by atoms with Crippen molar-refractivity contribution in [2.45, 2.75) is 40.0 Å². The molecule has 0 bridgehead atoms. The number of benzene rings is 1. The van der Waals surface area contributed by atoms with Gasteiger partial charge in [0.25, 0.3) is 0 Å². The number of carbonyl (C=O) groups excluding carboxylic acids is 1. The highest BCUT2D eigenvalue weighted by Gasteiger charge is 2.25. The summed E-state index contributed by atoms with van der Waals surface area (Å²) in [6.45, 7) is 6.83. The van der Waals surface area contributed by atoms with Gasteiger partial charge in [-0.15, -0.1) is 0 Å². The average molecular weight is 256 g/mol. The number of rotatable bonds is 3. The minimum Gasteiger partial charge on any atom is -0.289 e. The SMILES string of the molecule is CC(C)[C@@H]1CC[C@@H](C)C(=CC(=O)c2ccccc2)C1. The molecular weight excluding hydrogens is 232 g/mol. The maximum atomic E-state index is 12.3. The van der Waals surface area contributed by atoms with Gasteiger partial charge in [0.1, 0.15) is 0 Å². The van der Waals surface area contributed by atoms with Crippen molar-refractivity contribution in [1.29, 1.82) is 0 Å². The molecule has 1 aliphatic carbocycles. The summed E-state index contributed by atoms with van der Waals surface area (Å²) in [5.41, 5.74) is 2.15. The van der Waals surface area contributed by atoms with Crippen LogP contribution in [0.1, 0.15) is 50.4 Å². The Morgan fingerprint density at radius 1 is 1.21 bits per heavy atom. The van der Waals surface area contributed by atoms with Gasteiger partial charge in [0, 0.05) is 5.56 Å². The fourth-order valence-electron chi connectivity index (χ4n) is 2.88. The molecule has 1 fully saturated rings. The molecule has 19 heavy (non-hydrogen) atoms. The van der Waals surface area contributed by atoms with E-state index in [0.29, 0.717) is 11.8 Å². The first-order valence-corrected chi connectivity index (χ1v) is 7.37. The van der Waals surface area contributed by atoms with Crippen LogP contribution in [0.3, 0.4) is 0 Å². The Morgan fingerprint density at radius 3 is 2.53 bits per heavy atom. The van der Waals surface area contributed by atoms with Crippen molar-refractivity contribution in [3.63, 3.8) is 0 Å². The summed E-state index contributed by atoms with van der Waals surface area (Å²) < 4.78 is 0. The minimum absolute atomic E-state index is 0.159. The molecule has 0 amide bonds. The number of allylic oxidation sites excluding steroid dienone is 2. The van der Waals surface area contributed by atoms with Crippen molar-refractivity contribution in [3.05, 3.63) is 47.5 Å². The third-order valence-corrected chi connectivity index (χ3v) is 4.42. The topological polar surface area (TPSA) is 17.1 Å². The van der Waals surface area contributed by atoms with E-state index in [0.717, 1.165) is 17.9 Å². The predicted octanol–water partition coefficient (Wildman–Crippen LogP) is 4.89. The highest BCUT2D eigenvalue weighted by molar-refractivity contribution is 6.04. The molecule has 0 unspecified atom stereocenters. The number of carbonyl (C=O) groups is 1. The molecule has 1 aromatic rings. The zero-order valence-corrected chi connectivity index (χ0v) is 12.2. The summed E-state index contributed by atoms with van der Waals surface area (Å²) in [5.74, 6) is 2.17. The Balaban J connectivity index is 2.14. The molecule has 2 atom stereocenters. The zero-order valence-electron chi connectivity index (χ0n) is 12.2. The normalized spacial score (nSPS) is 25.8. The second-order valence-corrected chi connectivity index (χ2v) is 6.14. The Labute approximate surface area is 116 Å². The highest BCUT2D eigenvalue weighted by atomic mass is 16.1. The maximum Gasteiger partial charge on any atom is 0.185 e. The van der Waals surface area contributed by atoms with E-state index < -0.39 is 0 Å². The average Bonchev–Trinajstić information content (AvgIpc) is 2.42. The van der Waals surface area contributed by atoms with E-state index in [1.807, 2.05) is 36.4 Å².